The molecule has 0 aromatic carbocycles. The van der Waals surface area contributed by atoms with Crippen molar-refractivity contribution in [2.45, 2.75) is 31.1 Å². The highest BCUT2D eigenvalue weighted by Gasteiger charge is 2.23. The van der Waals surface area contributed by atoms with E-state index in [1.807, 2.05) is 0 Å². The smallest absolute Gasteiger partial charge is 0.0650 e. The highest BCUT2D eigenvalue weighted by Crippen LogP contribution is 2.26. The Hall–Kier alpha value is 0.01000. The number of nitrogens with one attached hydrogen (secondary N) is 1. The van der Waals surface area contributed by atoms with E-state index < -0.39 is 0 Å². The molecule has 2 aliphatic heterocycles. The predicted molar refractivity (Wildman–Crippen MR) is 61.8 cm³/mol. The number of thioether (sulfide) groups is 1. The maximum Gasteiger partial charge on any atom is 0.0650 e. The molecule has 80 valence electrons. The van der Waals surface area contributed by atoms with Crippen molar-refractivity contribution in [3.63, 3.8) is 0 Å². The van der Waals surface area contributed by atoms with Gasteiger partial charge in [-0.3, -0.25) is 0 Å². The van der Waals surface area contributed by atoms with E-state index in [0.29, 0.717) is 0 Å². The quantitative estimate of drug-likeness (QED) is 0.723. The van der Waals surface area contributed by atoms with Gasteiger partial charge >= 0.3 is 0 Å². The Balaban J connectivity index is 1.73. The lowest BCUT2D eigenvalue weighted by atomic mass is 10.1. The fourth-order valence-electron chi connectivity index (χ4n) is 1.99. The van der Waals surface area contributed by atoms with E-state index in [1.54, 1.807) is 0 Å². The SMILES string of the molecule is CC1SCCC1NCC1=CCOCC1. The van der Waals surface area contributed by atoms with Gasteiger partial charge in [-0.1, -0.05) is 18.6 Å². The maximum absolute atomic E-state index is 5.28. The van der Waals surface area contributed by atoms with Crippen molar-refractivity contribution in [3.8, 4) is 0 Å². The molecule has 2 nitrogen and oxygen atoms in total. The zero-order valence-corrected chi connectivity index (χ0v) is 9.61. The summed E-state index contributed by atoms with van der Waals surface area (Å²) in [7, 11) is 0. The second-order valence-corrected chi connectivity index (χ2v) is 5.52. The average molecular weight is 213 g/mol. The molecule has 0 aromatic heterocycles. The average Bonchev–Trinajstić information content (AvgIpc) is 2.63. The first-order chi connectivity index (χ1) is 6.86. The Morgan fingerprint density at radius 3 is 3.21 bits per heavy atom. The van der Waals surface area contributed by atoms with E-state index >= 15 is 0 Å². The fraction of sp³-hybridized carbons (Fsp3) is 0.818. The van der Waals surface area contributed by atoms with E-state index in [2.05, 4.69) is 30.1 Å². The van der Waals surface area contributed by atoms with Crippen molar-refractivity contribution in [1.29, 1.82) is 0 Å². The number of rotatable bonds is 3. The molecule has 0 saturated carbocycles. The maximum atomic E-state index is 5.28. The molecule has 1 saturated heterocycles. The molecule has 3 heteroatoms. The number of hydrogen-bond donors (Lipinski definition) is 1. The van der Waals surface area contributed by atoms with Crippen LogP contribution in [0.1, 0.15) is 19.8 Å². The number of hydrogen-bond acceptors (Lipinski definition) is 3. The van der Waals surface area contributed by atoms with Crippen LogP contribution in [0.5, 0.6) is 0 Å². The molecular weight excluding hydrogens is 194 g/mol. The Bertz CT molecular complexity index is 217. The van der Waals surface area contributed by atoms with Crippen molar-refractivity contribution in [2.24, 2.45) is 0 Å². The molecule has 0 spiro atoms. The van der Waals surface area contributed by atoms with Gasteiger partial charge in [-0.15, -0.1) is 0 Å². The summed E-state index contributed by atoms with van der Waals surface area (Å²) < 4.78 is 5.28. The molecule has 0 radical (unpaired) electrons. The van der Waals surface area contributed by atoms with Gasteiger partial charge in [0, 0.05) is 17.8 Å². The number of ether oxygens (including phenoxy) is 1. The summed E-state index contributed by atoms with van der Waals surface area (Å²) in [4.78, 5) is 0. The normalized spacial score (nSPS) is 33.1. The fourth-order valence-corrected chi connectivity index (χ4v) is 3.21. The van der Waals surface area contributed by atoms with Crippen LogP contribution in [-0.2, 0) is 4.74 Å². The molecule has 0 bridgehead atoms. The molecule has 1 fully saturated rings. The van der Waals surface area contributed by atoms with Crippen LogP contribution in [0.15, 0.2) is 11.6 Å². The molecule has 0 aromatic rings. The van der Waals surface area contributed by atoms with Gasteiger partial charge in [0.2, 0.25) is 0 Å². The van der Waals surface area contributed by atoms with Crippen molar-refractivity contribution in [3.05, 3.63) is 11.6 Å². The first-order valence-electron chi connectivity index (χ1n) is 5.47. The largest absolute Gasteiger partial charge is 0.377 e. The van der Waals surface area contributed by atoms with Gasteiger partial charge in [-0.05, 0) is 18.6 Å². The van der Waals surface area contributed by atoms with Crippen molar-refractivity contribution in [1.82, 2.24) is 5.32 Å². The lowest BCUT2D eigenvalue weighted by Gasteiger charge is -2.19. The lowest BCUT2D eigenvalue weighted by Crippen LogP contribution is -2.35. The Morgan fingerprint density at radius 2 is 2.57 bits per heavy atom. The van der Waals surface area contributed by atoms with Gasteiger partial charge in [0.05, 0.1) is 13.2 Å². The minimum atomic E-state index is 0.726. The van der Waals surface area contributed by atoms with Crippen molar-refractivity contribution in [2.75, 3.05) is 25.5 Å². The lowest BCUT2D eigenvalue weighted by molar-refractivity contribution is 0.153. The van der Waals surface area contributed by atoms with Gasteiger partial charge in [0.25, 0.3) is 0 Å². The molecule has 2 aliphatic rings. The van der Waals surface area contributed by atoms with Gasteiger partial charge in [-0.2, -0.15) is 11.8 Å². The van der Waals surface area contributed by atoms with E-state index in [0.717, 1.165) is 37.5 Å². The Kier molecular flexibility index (Phi) is 3.90. The third-order valence-electron chi connectivity index (χ3n) is 3.02. The van der Waals surface area contributed by atoms with Crippen LogP contribution in [0, 0.1) is 0 Å². The van der Waals surface area contributed by atoms with E-state index in [4.69, 9.17) is 4.74 Å². The van der Waals surface area contributed by atoms with E-state index in [1.165, 1.54) is 17.7 Å². The molecule has 1 N–H and O–H groups in total. The van der Waals surface area contributed by atoms with Crippen LogP contribution in [-0.4, -0.2) is 36.8 Å². The second-order valence-electron chi connectivity index (χ2n) is 4.04. The summed E-state index contributed by atoms with van der Waals surface area (Å²) in [5, 5.41) is 4.44. The Labute approximate surface area is 90.5 Å². The van der Waals surface area contributed by atoms with Crippen LogP contribution in [0.3, 0.4) is 0 Å². The van der Waals surface area contributed by atoms with Gasteiger partial charge in [-0.25, -0.2) is 0 Å². The van der Waals surface area contributed by atoms with Crippen LogP contribution in [0.2, 0.25) is 0 Å². The van der Waals surface area contributed by atoms with Crippen LogP contribution < -0.4 is 5.32 Å². The van der Waals surface area contributed by atoms with Crippen molar-refractivity contribution >= 4 is 11.8 Å². The molecular formula is C11H19NOS. The Morgan fingerprint density at radius 1 is 1.64 bits per heavy atom. The molecule has 2 atom stereocenters. The third-order valence-corrected chi connectivity index (χ3v) is 4.35. The molecule has 0 aliphatic carbocycles. The molecule has 2 heterocycles. The second kappa shape index (κ2) is 5.19. The van der Waals surface area contributed by atoms with Gasteiger partial charge in [0.15, 0.2) is 0 Å². The standard InChI is InChI=1S/C11H19NOS/c1-9-11(4-7-14-9)12-8-10-2-5-13-6-3-10/h2,9,11-12H,3-8H2,1H3. The highest BCUT2D eigenvalue weighted by atomic mass is 32.2. The van der Waals surface area contributed by atoms with E-state index in [-0.39, 0.29) is 0 Å². The van der Waals surface area contributed by atoms with E-state index in [9.17, 15) is 0 Å². The summed E-state index contributed by atoms with van der Waals surface area (Å²) in [6.07, 6.45) is 4.67. The predicted octanol–water partition coefficient (Wildman–Crippen LogP) is 1.82. The van der Waals surface area contributed by atoms with Gasteiger partial charge in [0.1, 0.15) is 0 Å². The first-order valence-corrected chi connectivity index (χ1v) is 6.52. The van der Waals surface area contributed by atoms with Crippen LogP contribution in [0.25, 0.3) is 0 Å². The highest BCUT2D eigenvalue weighted by molar-refractivity contribution is 8.00. The summed E-state index contributed by atoms with van der Waals surface area (Å²) in [6.45, 7) is 5.11. The zero-order chi connectivity index (χ0) is 9.80. The zero-order valence-electron chi connectivity index (χ0n) is 8.79. The summed E-state index contributed by atoms with van der Waals surface area (Å²) >= 11 is 2.09. The van der Waals surface area contributed by atoms with Gasteiger partial charge < -0.3 is 10.1 Å². The minimum absolute atomic E-state index is 0.726. The third kappa shape index (κ3) is 2.75. The first kappa shape index (κ1) is 10.5. The van der Waals surface area contributed by atoms with Crippen molar-refractivity contribution < 1.29 is 4.74 Å². The molecule has 2 unspecified atom stereocenters. The minimum Gasteiger partial charge on any atom is -0.377 e. The van der Waals surface area contributed by atoms with Crippen LogP contribution in [0.4, 0.5) is 0 Å². The molecule has 14 heavy (non-hydrogen) atoms. The molecule has 0 amide bonds. The topological polar surface area (TPSA) is 21.3 Å². The summed E-state index contributed by atoms with van der Waals surface area (Å²) in [6, 6.07) is 0.726. The molecule has 2 rings (SSSR count). The van der Waals surface area contributed by atoms with Crippen LogP contribution >= 0.6 is 11.8 Å². The monoisotopic (exact) mass is 213 g/mol. The summed E-state index contributed by atoms with van der Waals surface area (Å²) in [5.74, 6) is 1.32. The summed E-state index contributed by atoms with van der Waals surface area (Å²) in [5.41, 5.74) is 1.53.